The Morgan fingerprint density at radius 2 is 1.73 bits per heavy atom. The minimum Gasteiger partial charge on any atom is -0.301 e. The normalized spacial score (nSPS) is 16.7. The van der Waals surface area contributed by atoms with E-state index in [0.717, 1.165) is 24.9 Å². The maximum absolute atomic E-state index is 12.9. The first-order valence-electron chi connectivity index (χ1n) is 8.54. The van der Waals surface area contributed by atoms with Gasteiger partial charge in [-0.3, -0.25) is 0 Å². The summed E-state index contributed by atoms with van der Waals surface area (Å²) < 4.78 is 39.6. The molecule has 0 atom stereocenters. The van der Waals surface area contributed by atoms with Crippen molar-refractivity contribution in [1.29, 1.82) is 0 Å². The van der Waals surface area contributed by atoms with Gasteiger partial charge in [-0.2, -0.15) is 4.31 Å². The summed E-state index contributed by atoms with van der Waals surface area (Å²) in [5, 5.41) is 0.273. The number of aryl methyl sites for hydroxylation is 1. The summed E-state index contributed by atoms with van der Waals surface area (Å²) in [6.07, 6.45) is 3.14. The van der Waals surface area contributed by atoms with E-state index in [1.54, 1.807) is 12.1 Å². The molecule has 0 unspecified atom stereocenters. The third-order valence-electron chi connectivity index (χ3n) is 4.52. The van der Waals surface area contributed by atoms with Crippen LogP contribution < -0.4 is 0 Å². The van der Waals surface area contributed by atoms with Crippen molar-refractivity contribution in [2.45, 2.75) is 17.7 Å². The zero-order valence-corrected chi connectivity index (χ0v) is 15.9. The first-order valence-corrected chi connectivity index (χ1v) is 10.4. The van der Waals surface area contributed by atoms with Gasteiger partial charge < -0.3 is 4.90 Å². The van der Waals surface area contributed by atoms with E-state index in [2.05, 4.69) is 9.88 Å². The van der Waals surface area contributed by atoms with E-state index >= 15 is 0 Å². The van der Waals surface area contributed by atoms with Crippen molar-refractivity contribution in [2.24, 2.45) is 0 Å². The smallest absolute Gasteiger partial charge is 0.244 e. The highest BCUT2D eigenvalue weighted by Crippen LogP contribution is 2.18. The maximum Gasteiger partial charge on any atom is 0.244 e. The van der Waals surface area contributed by atoms with Gasteiger partial charge in [0.1, 0.15) is 15.9 Å². The number of halogens is 2. The van der Waals surface area contributed by atoms with Gasteiger partial charge in [-0.05, 0) is 49.2 Å². The lowest BCUT2D eigenvalue weighted by Crippen LogP contribution is -2.48. The quantitative estimate of drug-likeness (QED) is 0.703. The third-order valence-corrected chi connectivity index (χ3v) is 6.63. The second kappa shape index (κ2) is 8.43. The van der Waals surface area contributed by atoms with Gasteiger partial charge >= 0.3 is 0 Å². The molecule has 1 aromatic carbocycles. The minimum absolute atomic E-state index is 0.173. The molecule has 5 nitrogen and oxygen atoms in total. The van der Waals surface area contributed by atoms with Crippen LogP contribution in [0.15, 0.2) is 47.5 Å². The molecule has 0 N–H and O–H groups in total. The number of rotatable bonds is 6. The van der Waals surface area contributed by atoms with E-state index in [0.29, 0.717) is 26.2 Å². The summed E-state index contributed by atoms with van der Waals surface area (Å²) in [6, 6.07) is 9.54. The van der Waals surface area contributed by atoms with Gasteiger partial charge in [0, 0.05) is 32.4 Å². The minimum atomic E-state index is -3.52. The summed E-state index contributed by atoms with van der Waals surface area (Å²) in [7, 11) is -3.52. The first kappa shape index (κ1) is 19.2. The highest BCUT2D eigenvalue weighted by molar-refractivity contribution is 7.89. The number of aromatic nitrogens is 1. The largest absolute Gasteiger partial charge is 0.301 e. The molecule has 8 heteroatoms. The molecule has 1 aliphatic heterocycles. The van der Waals surface area contributed by atoms with Crippen LogP contribution in [0.5, 0.6) is 0 Å². The Labute approximate surface area is 158 Å². The summed E-state index contributed by atoms with van der Waals surface area (Å²) in [4.78, 5) is 6.29. The second-order valence-electron chi connectivity index (χ2n) is 6.29. The van der Waals surface area contributed by atoms with Crippen LogP contribution in [0, 0.1) is 5.82 Å². The lowest BCUT2D eigenvalue weighted by Gasteiger charge is -2.33. The SMILES string of the molecule is O=S(=O)(c1ccc(Cl)nc1)N1CCN(CCCc2ccc(F)cc2)CC1. The summed E-state index contributed by atoms with van der Waals surface area (Å²) in [5.41, 5.74) is 1.11. The standard InChI is InChI=1S/C18H21ClFN3O2S/c19-18-8-7-17(14-21-18)26(24,25)23-12-10-22(11-13-23)9-1-2-15-3-5-16(20)6-4-15/h3-8,14H,1-2,9-13H2. The summed E-state index contributed by atoms with van der Waals surface area (Å²) >= 11 is 5.72. The first-order chi connectivity index (χ1) is 12.4. The molecule has 0 spiro atoms. The Bertz CT molecular complexity index is 821. The van der Waals surface area contributed by atoms with Gasteiger partial charge in [0.05, 0.1) is 0 Å². The molecule has 2 aromatic rings. The predicted molar refractivity (Wildman–Crippen MR) is 99.2 cm³/mol. The van der Waals surface area contributed by atoms with Crippen LogP contribution in [-0.4, -0.2) is 55.3 Å². The highest BCUT2D eigenvalue weighted by atomic mass is 35.5. The van der Waals surface area contributed by atoms with Crippen molar-refractivity contribution in [3.05, 3.63) is 59.1 Å². The van der Waals surface area contributed by atoms with E-state index in [4.69, 9.17) is 11.6 Å². The van der Waals surface area contributed by atoms with Gasteiger partial charge in [-0.1, -0.05) is 23.7 Å². The van der Waals surface area contributed by atoms with Crippen LogP contribution in [0.1, 0.15) is 12.0 Å². The van der Waals surface area contributed by atoms with Gasteiger partial charge in [0.25, 0.3) is 0 Å². The lowest BCUT2D eigenvalue weighted by atomic mass is 10.1. The molecule has 1 fully saturated rings. The number of benzene rings is 1. The van der Waals surface area contributed by atoms with E-state index in [1.807, 2.05) is 0 Å². The molecule has 0 aliphatic carbocycles. The molecule has 3 rings (SSSR count). The van der Waals surface area contributed by atoms with Crippen molar-refractivity contribution in [3.8, 4) is 0 Å². The van der Waals surface area contributed by atoms with E-state index in [9.17, 15) is 12.8 Å². The Morgan fingerprint density at radius 3 is 2.35 bits per heavy atom. The topological polar surface area (TPSA) is 53.5 Å². The van der Waals surface area contributed by atoms with E-state index < -0.39 is 10.0 Å². The van der Waals surface area contributed by atoms with Gasteiger partial charge in [-0.15, -0.1) is 0 Å². The van der Waals surface area contributed by atoms with Gasteiger partial charge in [0.15, 0.2) is 0 Å². The van der Waals surface area contributed by atoms with Gasteiger partial charge in [-0.25, -0.2) is 17.8 Å². The number of hydrogen-bond acceptors (Lipinski definition) is 4. The molecular formula is C18H21ClFN3O2S. The Morgan fingerprint density at radius 1 is 1.04 bits per heavy atom. The number of nitrogens with zero attached hydrogens (tertiary/aromatic N) is 3. The molecule has 0 saturated carbocycles. The summed E-state index contributed by atoms with van der Waals surface area (Å²) in [5.74, 6) is -0.220. The number of pyridine rings is 1. The average Bonchev–Trinajstić information content (AvgIpc) is 2.64. The average molecular weight is 398 g/mol. The Kier molecular flexibility index (Phi) is 6.24. The van der Waals surface area contributed by atoms with Crippen molar-refractivity contribution in [2.75, 3.05) is 32.7 Å². The fraction of sp³-hybridized carbons (Fsp3) is 0.389. The molecule has 0 radical (unpaired) electrons. The molecule has 1 aromatic heterocycles. The van der Waals surface area contributed by atoms with Gasteiger partial charge in [0.2, 0.25) is 10.0 Å². The fourth-order valence-electron chi connectivity index (χ4n) is 3.02. The second-order valence-corrected chi connectivity index (χ2v) is 8.62. The third kappa shape index (κ3) is 4.79. The molecule has 26 heavy (non-hydrogen) atoms. The van der Waals surface area contributed by atoms with Crippen LogP contribution in [0.3, 0.4) is 0 Å². The van der Waals surface area contributed by atoms with E-state index in [-0.39, 0.29) is 15.9 Å². The van der Waals surface area contributed by atoms with Crippen LogP contribution in [0.25, 0.3) is 0 Å². The Balaban J connectivity index is 1.47. The number of piperazine rings is 1. The molecule has 0 bridgehead atoms. The molecule has 140 valence electrons. The zero-order valence-electron chi connectivity index (χ0n) is 14.3. The molecule has 1 saturated heterocycles. The molecule has 1 aliphatic rings. The van der Waals surface area contributed by atoms with Crippen LogP contribution in [0.2, 0.25) is 5.15 Å². The zero-order chi connectivity index (χ0) is 18.6. The molecule has 0 amide bonds. The molecule has 2 heterocycles. The lowest BCUT2D eigenvalue weighted by molar-refractivity contribution is 0.187. The monoisotopic (exact) mass is 397 g/mol. The van der Waals surface area contributed by atoms with Crippen LogP contribution in [0.4, 0.5) is 4.39 Å². The number of hydrogen-bond donors (Lipinski definition) is 0. The maximum atomic E-state index is 12.9. The predicted octanol–water partition coefficient (Wildman–Crippen LogP) is 2.81. The van der Waals surface area contributed by atoms with Crippen molar-refractivity contribution >= 4 is 21.6 Å². The van der Waals surface area contributed by atoms with E-state index in [1.165, 1.54) is 34.8 Å². The van der Waals surface area contributed by atoms with Crippen LogP contribution in [-0.2, 0) is 16.4 Å². The van der Waals surface area contributed by atoms with Crippen LogP contribution >= 0.6 is 11.6 Å². The fourth-order valence-corrected chi connectivity index (χ4v) is 4.50. The van der Waals surface area contributed by atoms with Crippen molar-refractivity contribution in [3.63, 3.8) is 0 Å². The Hall–Kier alpha value is -1.54. The van der Waals surface area contributed by atoms with Crippen molar-refractivity contribution in [1.82, 2.24) is 14.2 Å². The summed E-state index contributed by atoms with van der Waals surface area (Å²) in [6.45, 7) is 3.21. The highest BCUT2D eigenvalue weighted by Gasteiger charge is 2.28. The van der Waals surface area contributed by atoms with Crippen molar-refractivity contribution < 1.29 is 12.8 Å². The number of sulfonamides is 1. The molecular weight excluding hydrogens is 377 g/mol.